The minimum Gasteiger partial charge on any atom is -0.352 e. The number of rotatable bonds is 7. The maximum absolute atomic E-state index is 12.2. The van der Waals surface area contributed by atoms with E-state index in [2.05, 4.69) is 15.4 Å². The molecule has 0 spiro atoms. The lowest BCUT2D eigenvalue weighted by molar-refractivity contribution is 0.0944. The minimum atomic E-state index is -3.53. The van der Waals surface area contributed by atoms with Crippen molar-refractivity contribution in [1.82, 2.24) is 15.4 Å². The van der Waals surface area contributed by atoms with Crippen molar-refractivity contribution in [2.24, 2.45) is 5.92 Å². The van der Waals surface area contributed by atoms with Crippen molar-refractivity contribution in [3.8, 4) is 0 Å². The van der Waals surface area contributed by atoms with Crippen LogP contribution in [0.3, 0.4) is 0 Å². The van der Waals surface area contributed by atoms with Gasteiger partial charge in [-0.15, -0.1) is 0 Å². The molecule has 6 nitrogen and oxygen atoms in total. The Morgan fingerprint density at radius 2 is 2.04 bits per heavy atom. The number of hydrogen-bond donors (Lipinski definition) is 3. The van der Waals surface area contributed by atoms with E-state index in [-0.39, 0.29) is 16.8 Å². The fourth-order valence-electron chi connectivity index (χ4n) is 2.64. The Balaban J connectivity index is 1.94. The summed E-state index contributed by atoms with van der Waals surface area (Å²) in [5.41, 5.74) is 0.473. The molecule has 2 atom stereocenters. The van der Waals surface area contributed by atoms with Gasteiger partial charge in [0.25, 0.3) is 5.91 Å². The van der Waals surface area contributed by atoms with Gasteiger partial charge in [-0.1, -0.05) is 6.92 Å². The van der Waals surface area contributed by atoms with Crippen LogP contribution < -0.4 is 15.4 Å². The fourth-order valence-corrected chi connectivity index (χ4v) is 3.97. The molecule has 0 saturated carbocycles. The Kier molecular flexibility index (Phi) is 6.77. The highest BCUT2D eigenvalue weighted by molar-refractivity contribution is 7.89. The third kappa shape index (κ3) is 5.29. The zero-order valence-corrected chi connectivity index (χ0v) is 15.2. The van der Waals surface area contributed by atoms with Crippen molar-refractivity contribution in [3.63, 3.8) is 0 Å². The van der Waals surface area contributed by atoms with E-state index in [4.69, 9.17) is 0 Å². The Morgan fingerprint density at radius 3 is 2.62 bits per heavy atom. The highest BCUT2D eigenvalue weighted by Crippen LogP contribution is 2.13. The normalized spacial score (nSPS) is 19.7. The van der Waals surface area contributed by atoms with Gasteiger partial charge in [0.15, 0.2) is 0 Å². The molecule has 3 N–H and O–H groups in total. The molecule has 0 aromatic heterocycles. The summed E-state index contributed by atoms with van der Waals surface area (Å²) in [6.45, 7) is 6.35. The Morgan fingerprint density at radius 1 is 1.33 bits per heavy atom. The third-order valence-electron chi connectivity index (χ3n) is 4.35. The zero-order chi connectivity index (χ0) is 17.6. The average molecular weight is 353 g/mol. The molecule has 134 valence electrons. The Labute approximate surface area is 144 Å². The molecule has 1 aliphatic heterocycles. The molecule has 1 aliphatic rings. The van der Waals surface area contributed by atoms with E-state index in [1.807, 2.05) is 13.8 Å². The standard InChI is InChI=1S/C17H27N3O3S/c1-3-13(2)20-24(22,23)16-8-6-15(7-9-16)17(21)19-12-14-5-4-10-18-11-14/h6-9,13-14,18,20H,3-5,10-12H2,1-2H3,(H,19,21). The van der Waals surface area contributed by atoms with Crippen molar-refractivity contribution >= 4 is 15.9 Å². The molecule has 1 heterocycles. The van der Waals surface area contributed by atoms with Crippen LogP contribution in [0.25, 0.3) is 0 Å². The predicted octanol–water partition coefficient (Wildman–Crippen LogP) is 1.49. The number of carbonyl (C=O) groups is 1. The third-order valence-corrected chi connectivity index (χ3v) is 5.95. The topological polar surface area (TPSA) is 87.3 Å². The second-order valence-corrected chi connectivity index (χ2v) is 8.09. The lowest BCUT2D eigenvalue weighted by Crippen LogP contribution is -2.38. The van der Waals surface area contributed by atoms with E-state index in [1.54, 1.807) is 12.1 Å². The summed E-state index contributed by atoms with van der Waals surface area (Å²) in [4.78, 5) is 12.4. The first-order valence-corrected chi connectivity index (χ1v) is 10.0. The molecular formula is C17H27N3O3S. The first kappa shape index (κ1) is 18.9. The van der Waals surface area contributed by atoms with Gasteiger partial charge in [-0.25, -0.2) is 13.1 Å². The van der Waals surface area contributed by atoms with Crippen molar-refractivity contribution in [2.75, 3.05) is 19.6 Å². The highest BCUT2D eigenvalue weighted by Gasteiger charge is 2.18. The number of nitrogens with one attached hydrogen (secondary N) is 3. The van der Waals surface area contributed by atoms with Crippen LogP contribution in [0.1, 0.15) is 43.5 Å². The quantitative estimate of drug-likeness (QED) is 0.693. The predicted molar refractivity (Wildman–Crippen MR) is 94.4 cm³/mol. The van der Waals surface area contributed by atoms with E-state index < -0.39 is 10.0 Å². The molecule has 1 fully saturated rings. The van der Waals surface area contributed by atoms with Gasteiger partial charge in [0.1, 0.15) is 0 Å². The van der Waals surface area contributed by atoms with Crippen LogP contribution in [-0.2, 0) is 10.0 Å². The number of hydrogen-bond acceptors (Lipinski definition) is 4. The summed E-state index contributed by atoms with van der Waals surface area (Å²) in [7, 11) is -3.53. The summed E-state index contributed by atoms with van der Waals surface area (Å²) in [5, 5.41) is 6.24. The fraction of sp³-hybridized carbons (Fsp3) is 0.588. The molecule has 1 aromatic rings. The molecule has 24 heavy (non-hydrogen) atoms. The first-order valence-electron chi connectivity index (χ1n) is 8.53. The molecule has 2 rings (SSSR count). The molecule has 7 heteroatoms. The monoisotopic (exact) mass is 353 g/mol. The van der Waals surface area contributed by atoms with Gasteiger partial charge in [-0.2, -0.15) is 0 Å². The van der Waals surface area contributed by atoms with Crippen LogP contribution in [0.4, 0.5) is 0 Å². The van der Waals surface area contributed by atoms with Gasteiger partial charge in [0.2, 0.25) is 10.0 Å². The lowest BCUT2D eigenvalue weighted by atomic mass is 10.00. The van der Waals surface area contributed by atoms with Crippen molar-refractivity contribution in [1.29, 1.82) is 0 Å². The molecular weight excluding hydrogens is 326 g/mol. The maximum atomic E-state index is 12.2. The minimum absolute atomic E-state index is 0.123. The average Bonchev–Trinajstić information content (AvgIpc) is 2.60. The molecule has 1 amide bonds. The SMILES string of the molecule is CCC(C)NS(=O)(=O)c1ccc(C(=O)NCC2CCCNC2)cc1. The van der Waals surface area contributed by atoms with Gasteiger partial charge in [-0.05, 0) is 69.5 Å². The van der Waals surface area contributed by atoms with E-state index in [9.17, 15) is 13.2 Å². The lowest BCUT2D eigenvalue weighted by Gasteiger charge is -2.22. The van der Waals surface area contributed by atoms with E-state index in [0.29, 0.717) is 18.0 Å². The van der Waals surface area contributed by atoms with Crippen LogP contribution in [0.5, 0.6) is 0 Å². The summed E-state index contributed by atoms with van der Waals surface area (Å²) in [6.07, 6.45) is 2.97. The number of piperidine rings is 1. The van der Waals surface area contributed by atoms with Gasteiger partial charge < -0.3 is 10.6 Å². The summed E-state index contributed by atoms with van der Waals surface area (Å²) >= 11 is 0. The summed E-state index contributed by atoms with van der Waals surface area (Å²) in [5.74, 6) is 0.293. The molecule has 0 radical (unpaired) electrons. The second kappa shape index (κ2) is 8.60. The maximum Gasteiger partial charge on any atom is 0.251 e. The van der Waals surface area contributed by atoms with Gasteiger partial charge in [0.05, 0.1) is 4.90 Å². The molecule has 2 unspecified atom stereocenters. The van der Waals surface area contributed by atoms with Gasteiger partial charge in [-0.3, -0.25) is 4.79 Å². The van der Waals surface area contributed by atoms with Crippen LogP contribution in [0.15, 0.2) is 29.2 Å². The van der Waals surface area contributed by atoms with E-state index in [1.165, 1.54) is 12.1 Å². The number of benzene rings is 1. The Bertz CT molecular complexity index is 638. The number of carbonyl (C=O) groups excluding carboxylic acids is 1. The van der Waals surface area contributed by atoms with Gasteiger partial charge >= 0.3 is 0 Å². The zero-order valence-electron chi connectivity index (χ0n) is 14.3. The number of sulfonamides is 1. The van der Waals surface area contributed by atoms with Crippen LogP contribution in [0.2, 0.25) is 0 Å². The largest absolute Gasteiger partial charge is 0.352 e. The van der Waals surface area contributed by atoms with Crippen molar-refractivity contribution in [2.45, 2.75) is 44.0 Å². The van der Waals surface area contributed by atoms with Crippen LogP contribution >= 0.6 is 0 Å². The summed E-state index contributed by atoms with van der Waals surface area (Å²) < 4.78 is 27.0. The van der Waals surface area contributed by atoms with E-state index >= 15 is 0 Å². The van der Waals surface area contributed by atoms with Crippen LogP contribution in [0, 0.1) is 5.92 Å². The van der Waals surface area contributed by atoms with Crippen LogP contribution in [-0.4, -0.2) is 40.0 Å². The molecule has 1 saturated heterocycles. The first-order chi connectivity index (χ1) is 11.4. The molecule has 1 aromatic carbocycles. The van der Waals surface area contributed by atoms with Crippen molar-refractivity contribution in [3.05, 3.63) is 29.8 Å². The second-order valence-electron chi connectivity index (χ2n) is 6.38. The molecule has 0 bridgehead atoms. The Hall–Kier alpha value is -1.44. The smallest absolute Gasteiger partial charge is 0.251 e. The van der Waals surface area contributed by atoms with Crippen molar-refractivity contribution < 1.29 is 13.2 Å². The molecule has 0 aliphatic carbocycles. The van der Waals surface area contributed by atoms with E-state index in [0.717, 1.165) is 32.4 Å². The summed E-state index contributed by atoms with van der Waals surface area (Å²) in [6, 6.07) is 5.94. The highest BCUT2D eigenvalue weighted by atomic mass is 32.2. The number of amides is 1. The van der Waals surface area contributed by atoms with Gasteiger partial charge in [0, 0.05) is 18.2 Å².